The standard InChI is InChI=1S/C45H67N3O4S/c1-29(2)34-17-22-45(46-25-26-47-27-32-13-14-33(28-47)48(32)53(8,51)52)24-23-43(6)36(39(34)45)15-16-38-42(5)20-18-35(30-9-11-31(12-10-30)40(49)50)41(3,4)37(42)19-21-44(38,43)7/h9-12,18,32-34,36-39,46H,1,13-17,19-28H2,2-8H3,(H,49,50)/t32?,33?,34-,36+,37-,38+,39+,42-,43+,44+,45-/m0/s1. The highest BCUT2D eigenvalue weighted by molar-refractivity contribution is 7.88. The number of nitrogens with zero attached hydrogens (tertiary/aromatic N) is 2. The molecular weight excluding hydrogens is 679 g/mol. The Balaban J connectivity index is 1.03. The van der Waals surface area contributed by atoms with Gasteiger partial charge in [0.05, 0.1) is 11.8 Å². The lowest BCUT2D eigenvalue weighted by molar-refractivity contribution is -0.219. The summed E-state index contributed by atoms with van der Waals surface area (Å²) in [7, 11) is -3.15. The largest absolute Gasteiger partial charge is 0.478 e. The number of hydrogen-bond donors (Lipinski definition) is 2. The van der Waals surface area contributed by atoms with Gasteiger partial charge in [-0.3, -0.25) is 4.90 Å². The minimum Gasteiger partial charge on any atom is -0.478 e. The molecule has 2 heterocycles. The van der Waals surface area contributed by atoms with Crippen molar-refractivity contribution >= 4 is 21.6 Å². The van der Waals surface area contributed by atoms with Gasteiger partial charge < -0.3 is 10.4 Å². The molecule has 0 radical (unpaired) electrons. The molecule has 2 unspecified atom stereocenters. The SMILES string of the molecule is C=C(C)[C@@H]1CC[C@]2(NCCN3CC4CCC(C3)N4S(C)(=O)=O)CC[C@]3(C)[C@H](CC[C@@H]4[C@@]5(C)CC=C(c6ccc(C(=O)O)cc6)C(C)(C)[C@@H]5CC[C@]43C)[C@@H]12. The Kier molecular flexibility index (Phi) is 9.12. The van der Waals surface area contributed by atoms with E-state index in [2.05, 4.69) is 64.4 Å². The normalized spacial score (nSPS) is 43.6. The maximum Gasteiger partial charge on any atom is 0.335 e. The van der Waals surface area contributed by atoms with E-state index in [1.807, 2.05) is 16.4 Å². The molecule has 2 N–H and O–H groups in total. The van der Waals surface area contributed by atoms with Crippen molar-refractivity contribution in [2.45, 2.75) is 130 Å². The second-order valence-electron chi connectivity index (χ2n) is 20.4. The van der Waals surface area contributed by atoms with Gasteiger partial charge in [0.2, 0.25) is 10.0 Å². The summed E-state index contributed by atoms with van der Waals surface area (Å²) in [5.74, 6) is 2.25. The van der Waals surface area contributed by atoms with Crippen LogP contribution in [0.1, 0.15) is 128 Å². The molecule has 0 spiro atoms. The Morgan fingerprint density at radius 3 is 2.19 bits per heavy atom. The second-order valence-corrected chi connectivity index (χ2v) is 22.3. The van der Waals surface area contributed by atoms with Crippen LogP contribution in [0.5, 0.6) is 0 Å². The number of nitrogens with one attached hydrogen (secondary N) is 1. The number of sulfonamides is 1. The van der Waals surface area contributed by atoms with Gasteiger partial charge in [-0.1, -0.05) is 65.0 Å². The maximum absolute atomic E-state index is 12.5. The molecule has 8 heteroatoms. The van der Waals surface area contributed by atoms with Gasteiger partial charge in [0, 0.05) is 43.8 Å². The van der Waals surface area contributed by atoms with Crippen LogP contribution in [0.15, 0.2) is 42.5 Å². The van der Waals surface area contributed by atoms with Crippen molar-refractivity contribution in [2.75, 3.05) is 32.4 Å². The van der Waals surface area contributed by atoms with Crippen molar-refractivity contribution in [1.29, 1.82) is 0 Å². The number of hydrogen-bond acceptors (Lipinski definition) is 5. The number of allylic oxidation sites excluding steroid dienone is 3. The number of piperazine rings is 1. The van der Waals surface area contributed by atoms with E-state index in [0.717, 1.165) is 45.4 Å². The zero-order valence-corrected chi connectivity index (χ0v) is 34.5. The van der Waals surface area contributed by atoms with Crippen LogP contribution in [0.3, 0.4) is 0 Å². The Morgan fingerprint density at radius 1 is 0.887 bits per heavy atom. The minimum absolute atomic E-state index is 0.00985. The summed E-state index contributed by atoms with van der Waals surface area (Å²) in [5.41, 5.74) is 5.26. The topological polar surface area (TPSA) is 90.0 Å². The predicted octanol–water partition coefficient (Wildman–Crippen LogP) is 8.49. The summed E-state index contributed by atoms with van der Waals surface area (Å²) in [6.45, 7) is 23.6. The Morgan fingerprint density at radius 2 is 1.57 bits per heavy atom. The third kappa shape index (κ3) is 5.63. The predicted molar refractivity (Wildman–Crippen MR) is 214 cm³/mol. The number of carbonyl (C=O) groups is 1. The molecule has 2 aliphatic heterocycles. The number of fused-ring (bicyclic) bond motifs is 9. The van der Waals surface area contributed by atoms with E-state index in [9.17, 15) is 18.3 Å². The average Bonchev–Trinajstić information content (AvgIpc) is 3.60. The molecular formula is C45H67N3O4S. The molecule has 7 nitrogen and oxygen atoms in total. The molecule has 1 aromatic rings. The van der Waals surface area contributed by atoms with Crippen LogP contribution in [-0.4, -0.2) is 78.8 Å². The first-order valence-electron chi connectivity index (χ1n) is 21.0. The van der Waals surface area contributed by atoms with E-state index >= 15 is 0 Å². The first-order valence-corrected chi connectivity index (χ1v) is 22.9. The number of aromatic carboxylic acids is 1. The summed E-state index contributed by atoms with van der Waals surface area (Å²) in [6.07, 6.45) is 17.2. The van der Waals surface area contributed by atoms with Crippen LogP contribution in [0, 0.1) is 51.2 Å². The molecule has 2 bridgehead atoms. The van der Waals surface area contributed by atoms with Crippen molar-refractivity contribution in [3.8, 4) is 0 Å². The van der Waals surface area contributed by atoms with E-state index < -0.39 is 16.0 Å². The van der Waals surface area contributed by atoms with Crippen LogP contribution in [0.25, 0.3) is 5.57 Å². The molecule has 8 rings (SSSR count). The first-order chi connectivity index (χ1) is 24.9. The zero-order chi connectivity index (χ0) is 37.9. The van der Waals surface area contributed by atoms with Crippen molar-refractivity contribution in [3.63, 3.8) is 0 Å². The van der Waals surface area contributed by atoms with Crippen LogP contribution >= 0.6 is 0 Å². The number of likely N-dealkylation sites (tertiary alicyclic amines) is 1. The van der Waals surface area contributed by atoms with E-state index in [0.29, 0.717) is 35.2 Å². The number of benzene rings is 1. The van der Waals surface area contributed by atoms with Crippen LogP contribution in [0.2, 0.25) is 0 Å². The van der Waals surface area contributed by atoms with Gasteiger partial charge in [0.15, 0.2) is 0 Å². The van der Waals surface area contributed by atoms with Crippen LogP contribution in [0.4, 0.5) is 0 Å². The lowest BCUT2D eigenvalue weighted by Gasteiger charge is -2.72. The molecule has 292 valence electrons. The number of rotatable bonds is 8. The molecule has 4 saturated carbocycles. The highest BCUT2D eigenvalue weighted by atomic mass is 32.2. The summed E-state index contributed by atoms with van der Waals surface area (Å²) in [5, 5.41) is 13.8. The molecule has 6 fully saturated rings. The fourth-order valence-electron chi connectivity index (χ4n) is 15.5. The van der Waals surface area contributed by atoms with Crippen molar-refractivity contribution in [3.05, 3.63) is 53.6 Å². The summed E-state index contributed by atoms with van der Waals surface area (Å²) in [4.78, 5) is 14.1. The van der Waals surface area contributed by atoms with Crippen LogP contribution < -0.4 is 5.32 Å². The maximum atomic E-state index is 12.5. The van der Waals surface area contributed by atoms with Gasteiger partial charge in [0.1, 0.15) is 0 Å². The van der Waals surface area contributed by atoms with Gasteiger partial charge in [0.25, 0.3) is 0 Å². The average molecular weight is 746 g/mol. The molecule has 1 aromatic carbocycles. The fraction of sp³-hybridized carbons (Fsp3) is 0.756. The smallest absolute Gasteiger partial charge is 0.335 e. The van der Waals surface area contributed by atoms with E-state index in [4.69, 9.17) is 0 Å². The van der Waals surface area contributed by atoms with E-state index in [1.165, 1.54) is 74.3 Å². The summed E-state index contributed by atoms with van der Waals surface area (Å²) < 4.78 is 26.8. The molecule has 2 saturated heterocycles. The lowest BCUT2D eigenvalue weighted by Crippen LogP contribution is -2.68. The Hall–Kier alpha value is -2.00. The minimum atomic E-state index is -3.15. The highest BCUT2D eigenvalue weighted by Crippen LogP contribution is 2.76. The van der Waals surface area contributed by atoms with Crippen molar-refractivity contribution in [1.82, 2.24) is 14.5 Å². The van der Waals surface area contributed by atoms with Gasteiger partial charge in [-0.2, -0.15) is 4.31 Å². The zero-order valence-electron chi connectivity index (χ0n) is 33.7. The molecule has 53 heavy (non-hydrogen) atoms. The summed E-state index contributed by atoms with van der Waals surface area (Å²) in [6, 6.07) is 7.88. The lowest BCUT2D eigenvalue weighted by atomic mass is 9.33. The summed E-state index contributed by atoms with van der Waals surface area (Å²) >= 11 is 0. The van der Waals surface area contributed by atoms with Gasteiger partial charge in [-0.25, -0.2) is 13.2 Å². The number of carboxylic acids is 1. The van der Waals surface area contributed by atoms with Gasteiger partial charge >= 0.3 is 5.97 Å². The van der Waals surface area contributed by atoms with Crippen LogP contribution in [-0.2, 0) is 10.0 Å². The third-order valence-corrected chi connectivity index (χ3v) is 19.2. The first kappa shape index (κ1) is 37.9. The number of carboxylic acid groups (broad SMARTS) is 1. The fourth-order valence-corrected chi connectivity index (χ4v) is 16.9. The monoisotopic (exact) mass is 745 g/mol. The Bertz CT molecular complexity index is 1770. The molecule has 0 aromatic heterocycles. The second kappa shape index (κ2) is 12.8. The van der Waals surface area contributed by atoms with E-state index in [1.54, 1.807) is 12.1 Å². The third-order valence-electron chi connectivity index (χ3n) is 17.9. The molecule has 11 atom stereocenters. The van der Waals surface area contributed by atoms with Crippen molar-refractivity contribution in [2.24, 2.45) is 51.2 Å². The molecule has 5 aliphatic carbocycles. The highest BCUT2D eigenvalue weighted by Gasteiger charge is 2.70. The molecule has 7 aliphatic rings. The van der Waals surface area contributed by atoms with Crippen molar-refractivity contribution < 1.29 is 18.3 Å². The van der Waals surface area contributed by atoms with Gasteiger partial charge in [-0.15, -0.1) is 0 Å². The van der Waals surface area contributed by atoms with E-state index in [-0.39, 0.29) is 39.3 Å². The van der Waals surface area contributed by atoms with Gasteiger partial charge in [-0.05, 0) is 152 Å². The quantitative estimate of drug-likeness (QED) is 0.260. The molecule has 0 amide bonds. The Labute approximate surface area is 320 Å².